The molecule has 0 aromatic carbocycles. The van der Waals surface area contributed by atoms with Gasteiger partial charge in [0.1, 0.15) is 0 Å². The summed E-state index contributed by atoms with van der Waals surface area (Å²) in [5.41, 5.74) is 0.970. The Morgan fingerprint density at radius 3 is 2.89 bits per heavy atom. The van der Waals surface area contributed by atoms with Crippen LogP contribution in [0.25, 0.3) is 10.6 Å². The summed E-state index contributed by atoms with van der Waals surface area (Å²) in [6.07, 6.45) is 0.422. The van der Waals surface area contributed by atoms with Crippen LogP contribution >= 0.6 is 22.7 Å². The van der Waals surface area contributed by atoms with Gasteiger partial charge in [-0.3, -0.25) is 4.79 Å². The van der Waals surface area contributed by atoms with Crippen molar-refractivity contribution in [2.75, 3.05) is 6.54 Å². The summed E-state index contributed by atoms with van der Waals surface area (Å²) in [6, 6.07) is 4.06. The second-order valence-electron chi connectivity index (χ2n) is 4.86. The fourth-order valence-corrected chi connectivity index (χ4v) is 3.48. The minimum absolute atomic E-state index is 0.0788. The van der Waals surface area contributed by atoms with Crippen molar-refractivity contribution in [3.63, 3.8) is 0 Å². The number of amides is 1. The number of aromatic nitrogens is 1. The van der Waals surface area contributed by atoms with E-state index < -0.39 is 0 Å². The molecule has 19 heavy (non-hydrogen) atoms. The smallest absolute Gasteiger partial charge is 0.225 e. The summed E-state index contributed by atoms with van der Waals surface area (Å²) in [5, 5.41) is 6.00. The van der Waals surface area contributed by atoms with Gasteiger partial charge in [-0.1, -0.05) is 19.9 Å². The van der Waals surface area contributed by atoms with Gasteiger partial charge in [0.05, 0.1) is 22.0 Å². The highest BCUT2D eigenvalue weighted by molar-refractivity contribution is 7.15. The van der Waals surface area contributed by atoms with Gasteiger partial charge in [-0.15, -0.1) is 22.7 Å². The van der Waals surface area contributed by atoms with E-state index >= 15 is 0 Å². The Balaban J connectivity index is 2.10. The summed E-state index contributed by atoms with van der Waals surface area (Å²) in [4.78, 5) is 18.7. The molecule has 2 heterocycles. The zero-order chi connectivity index (χ0) is 13.8. The van der Waals surface area contributed by atoms with Gasteiger partial charge in [-0.05, 0) is 24.3 Å². The number of rotatable bonds is 5. The van der Waals surface area contributed by atoms with Crippen LogP contribution in [0.2, 0.25) is 0 Å². The number of nitrogens with one attached hydrogen (secondary N) is 1. The molecule has 0 aliphatic carbocycles. The number of thiophene rings is 1. The highest BCUT2D eigenvalue weighted by Crippen LogP contribution is 2.31. The summed E-state index contributed by atoms with van der Waals surface area (Å²) < 4.78 is 0. The molecule has 2 rings (SSSR count). The third kappa shape index (κ3) is 3.88. The molecule has 2 aromatic heterocycles. The first-order valence-corrected chi connectivity index (χ1v) is 8.02. The van der Waals surface area contributed by atoms with E-state index in [2.05, 4.69) is 30.2 Å². The first-order chi connectivity index (χ1) is 9.06. The van der Waals surface area contributed by atoms with E-state index in [0.717, 1.165) is 27.0 Å². The highest BCUT2D eigenvalue weighted by atomic mass is 32.1. The van der Waals surface area contributed by atoms with Gasteiger partial charge in [0.15, 0.2) is 0 Å². The Bertz CT molecular complexity index is 544. The van der Waals surface area contributed by atoms with E-state index in [1.54, 1.807) is 22.7 Å². The van der Waals surface area contributed by atoms with E-state index in [4.69, 9.17) is 0 Å². The second-order valence-corrected chi connectivity index (χ2v) is 7.09. The lowest BCUT2D eigenvalue weighted by Gasteiger charge is -2.07. The SMILES string of the molecule is Cc1nc(-c2cccs2)c(CC(=O)NCC(C)C)s1. The maximum Gasteiger partial charge on any atom is 0.225 e. The van der Waals surface area contributed by atoms with Gasteiger partial charge in [0.2, 0.25) is 5.91 Å². The average molecular weight is 294 g/mol. The van der Waals surface area contributed by atoms with Crippen LogP contribution in [0.5, 0.6) is 0 Å². The molecule has 1 N–H and O–H groups in total. The molecule has 102 valence electrons. The van der Waals surface area contributed by atoms with Crippen molar-refractivity contribution in [3.8, 4) is 10.6 Å². The molecule has 5 heteroatoms. The predicted octanol–water partition coefficient (Wildman–Crippen LogP) is 3.49. The minimum atomic E-state index is 0.0788. The van der Waals surface area contributed by atoms with Gasteiger partial charge >= 0.3 is 0 Å². The predicted molar refractivity (Wildman–Crippen MR) is 81.7 cm³/mol. The number of aryl methyl sites for hydroxylation is 1. The number of hydrogen-bond donors (Lipinski definition) is 1. The summed E-state index contributed by atoms with van der Waals surface area (Å²) in [7, 11) is 0. The van der Waals surface area contributed by atoms with Gasteiger partial charge in [-0.2, -0.15) is 0 Å². The Morgan fingerprint density at radius 2 is 2.26 bits per heavy atom. The fraction of sp³-hybridized carbons (Fsp3) is 0.429. The lowest BCUT2D eigenvalue weighted by atomic mass is 10.2. The first kappa shape index (κ1) is 14.2. The molecule has 0 saturated carbocycles. The van der Waals surface area contributed by atoms with Gasteiger partial charge in [0, 0.05) is 11.4 Å². The maximum absolute atomic E-state index is 11.9. The average Bonchev–Trinajstić information content (AvgIpc) is 2.95. The molecule has 3 nitrogen and oxygen atoms in total. The number of thiazole rings is 1. The minimum Gasteiger partial charge on any atom is -0.356 e. The van der Waals surface area contributed by atoms with Crippen LogP contribution < -0.4 is 5.32 Å². The second kappa shape index (κ2) is 6.30. The molecule has 0 atom stereocenters. The fourth-order valence-electron chi connectivity index (χ4n) is 1.72. The van der Waals surface area contributed by atoms with E-state index in [9.17, 15) is 4.79 Å². The number of carbonyl (C=O) groups is 1. The molecular weight excluding hydrogens is 276 g/mol. The Morgan fingerprint density at radius 1 is 1.47 bits per heavy atom. The molecule has 0 aliphatic rings. The van der Waals surface area contributed by atoms with E-state index in [-0.39, 0.29) is 5.91 Å². The van der Waals surface area contributed by atoms with Crippen molar-refractivity contribution in [1.29, 1.82) is 0 Å². The zero-order valence-electron chi connectivity index (χ0n) is 11.4. The molecule has 1 amide bonds. The molecule has 0 aliphatic heterocycles. The first-order valence-electron chi connectivity index (χ1n) is 6.33. The van der Waals surface area contributed by atoms with E-state index in [0.29, 0.717) is 12.3 Å². The van der Waals surface area contributed by atoms with Crippen LogP contribution in [-0.4, -0.2) is 17.4 Å². The Kier molecular flexibility index (Phi) is 4.71. The van der Waals surface area contributed by atoms with Crippen LogP contribution in [-0.2, 0) is 11.2 Å². The maximum atomic E-state index is 11.9. The van der Waals surface area contributed by atoms with Crippen LogP contribution in [0.15, 0.2) is 17.5 Å². The monoisotopic (exact) mass is 294 g/mol. The van der Waals surface area contributed by atoms with Gasteiger partial charge in [0.25, 0.3) is 0 Å². The zero-order valence-corrected chi connectivity index (χ0v) is 13.0. The van der Waals surface area contributed by atoms with Crippen LogP contribution in [0, 0.1) is 12.8 Å². The molecule has 0 unspecified atom stereocenters. The lowest BCUT2D eigenvalue weighted by molar-refractivity contribution is -0.120. The van der Waals surface area contributed by atoms with Crippen molar-refractivity contribution in [2.45, 2.75) is 27.2 Å². The van der Waals surface area contributed by atoms with E-state index in [1.807, 2.05) is 18.4 Å². The number of hydrogen-bond acceptors (Lipinski definition) is 4. The largest absolute Gasteiger partial charge is 0.356 e. The number of carbonyl (C=O) groups excluding carboxylic acids is 1. The molecule has 0 fully saturated rings. The summed E-state index contributed by atoms with van der Waals surface area (Å²) in [5.74, 6) is 0.555. The van der Waals surface area contributed by atoms with Crippen LogP contribution in [0.1, 0.15) is 23.7 Å². The lowest BCUT2D eigenvalue weighted by Crippen LogP contribution is -2.28. The third-order valence-corrected chi connectivity index (χ3v) is 4.43. The van der Waals surface area contributed by atoms with Gasteiger partial charge in [-0.25, -0.2) is 4.98 Å². The summed E-state index contributed by atoms with van der Waals surface area (Å²) in [6.45, 7) is 6.89. The highest BCUT2D eigenvalue weighted by Gasteiger charge is 2.15. The molecular formula is C14H18N2OS2. The molecule has 0 spiro atoms. The Labute approximate surface area is 121 Å². The van der Waals surface area contributed by atoms with Crippen LogP contribution in [0.3, 0.4) is 0 Å². The quantitative estimate of drug-likeness (QED) is 0.917. The van der Waals surface area contributed by atoms with Crippen molar-refractivity contribution in [1.82, 2.24) is 10.3 Å². The van der Waals surface area contributed by atoms with Crippen molar-refractivity contribution in [2.24, 2.45) is 5.92 Å². The standard InChI is InChI=1S/C14H18N2OS2/c1-9(2)8-15-13(17)7-12-14(16-10(3)19-12)11-5-4-6-18-11/h4-6,9H,7-8H2,1-3H3,(H,15,17). The normalized spacial score (nSPS) is 10.9. The molecule has 0 bridgehead atoms. The number of nitrogens with zero attached hydrogens (tertiary/aromatic N) is 1. The van der Waals surface area contributed by atoms with E-state index in [1.165, 1.54) is 0 Å². The third-order valence-electron chi connectivity index (χ3n) is 2.59. The molecule has 0 radical (unpaired) electrons. The Hall–Kier alpha value is -1.20. The van der Waals surface area contributed by atoms with Crippen molar-refractivity contribution >= 4 is 28.6 Å². The molecule has 0 saturated heterocycles. The van der Waals surface area contributed by atoms with Crippen molar-refractivity contribution in [3.05, 3.63) is 27.4 Å². The summed E-state index contributed by atoms with van der Waals surface area (Å²) >= 11 is 3.27. The van der Waals surface area contributed by atoms with Crippen LogP contribution in [0.4, 0.5) is 0 Å². The topological polar surface area (TPSA) is 42.0 Å². The van der Waals surface area contributed by atoms with Crippen molar-refractivity contribution < 1.29 is 4.79 Å². The van der Waals surface area contributed by atoms with Gasteiger partial charge < -0.3 is 5.32 Å². The molecule has 2 aromatic rings.